The number of ketones is 1. The van der Waals surface area contributed by atoms with Crippen LogP contribution in [0.3, 0.4) is 0 Å². The molecule has 0 aliphatic heterocycles. The first-order valence-corrected chi connectivity index (χ1v) is 14.7. The number of benzene rings is 2. The third kappa shape index (κ3) is 11.7. The third-order valence-electron chi connectivity index (χ3n) is 4.36. The number of ether oxygens (including phenoxy) is 4. The molecule has 36 heavy (non-hydrogen) atoms. The number of quaternary nitrogens is 2. The Hall–Kier alpha value is -2.84. The Bertz CT molecular complexity index is 1030. The molecule has 8 nitrogen and oxygen atoms in total. The number of carbonyl (C=O) groups is 1. The summed E-state index contributed by atoms with van der Waals surface area (Å²) in [4.78, 5) is 12.2. The number of carbonyl (C=O) groups excluding carboxylic acids is 1. The van der Waals surface area contributed by atoms with Crippen molar-refractivity contribution in [3.8, 4) is 23.0 Å². The number of aliphatic hydroxyl groups excluding tert-OH is 1. The van der Waals surface area contributed by atoms with Crippen LogP contribution < -0.4 is 30.4 Å². The zero-order valence-electron chi connectivity index (χ0n) is 21.2. The molecule has 192 valence electrons. The Labute approximate surface area is 227 Å². The van der Waals surface area contributed by atoms with Crippen molar-refractivity contribution in [2.24, 2.45) is 0 Å². The molecule has 0 atom stereocenters. The summed E-state index contributed by atoms with van der Waals surface area (Å²) in [6, 6.07) is 10.7. The second-order valence-corrected chi connectivity index (χ2v) is 6.86. The molecule has 0 amide bonds. The number of halogens is 1. The Balaban J connectivity index is 0.00000398. The van der Waals surface area contributed by atoms with E-state index in [0.717, 1.165) is 34.5 Å². The topological polar surface area (TPSA) is 130 Å². The van der Waals surface area contributed by atoms with Crippen LogP contribution in [0.1, 0.15) is 11.1 Å². The predicted molar refractivity (Wildman–Crippen MR) is 139 cm³/mol. The van der Waals surface area contributed by atoms with Crippen molar-refractivity contribution in [1.82, 2.24) is 0 Å². The summed E-state index contributed by atoms with van der Waals surface area (Å²) in [5, 5.41) is 10.1. The Morgan fingerprint density at radius 3 is 1.72 bits per heavy atom. The van der Waals surface area contributed by atoms with E-state index in [2.05, 4.69) is 11.5 Å². The fraction of sp³-hybridized carbons (Fsp3) is 0.231. The van der Waals surface area contributed by atoms with Crippen LogP contribution >= 0.6 is 9.69 Å². The quantitative estimate of drug-likeness (QED) is 0.111. The van der Waals surface area contributed by atoms with Crippen LogP contribution in [0.15, 0.2) is 60.4 Å². The third-order valence-corrected chi connectivity index (χ3v) is 4.36. The molecule has 7 N–H and O–H groups in total. The molecule has 0 aromatic heterocycles. The molecule has 0 heterocycles. The summed E-state index contributed by atoms with van der Waals surface area (Å²) in [7, 11) is 7.87. The van der Waals surface area contributed by atoms with E-state index in [1.807, 2.05) is 12.1 Å². The van der Waals surface area contributed by atoms with E-state index in [-0.39, 0.29) is 19.0 Å². The van der Waals surface area contributed by atoms with Gasteiger partial charge >= 0.3 is 27.0 Å². The molecular weight excluding hydrogens is 537 g/mol. The number of methoxy groups -OCH3 is 2. The molecule has 0 aliphatic rings. The molecular formula is C26H35ClN2O6Zn+2. The average Bonchev–Trinajstić information content (AvgIpc) is 2.89. The number of hydrogen-bond acceptors (Lipinski definition) is 6. The molecule has 2 aromatic rings. The van der Waals surface area contributed by atoms with Gasteiger partial charge in [-0.15, -0.1) is 0 Å². The summed E-state index contributed by atoms with van der Waals surface area (Å²) in [5.74, 6) is 1.85. The van der Waals surface area contributed by atoms with Crippen LogP contribution in [0.25, 0.3) is 12.2 Å². The number of allylic oxidation sites excluding steroid dienone is 3. The Morgan fingerprint density at radius 1 is 0.861 bits per heavy atom. The van der Waals surface area contributed by atoms with Gasteiger partial charge in [-0.3, -0.25) is 4.79 Å². The first-order valence-electron chi connectivity index (χ1n) is 10.8. The molecule has 0 saturated carbocycles. The molecule has 0 bridgehead atoms. The molecule has 0 saturated heterocycles. The maximum absolute atomic E-state index is 12.2. The van der Waals surface area contributed by atoms with Gasteiger partial charge in [-0.05, 0) is 47.5 Å². The van der Waals surface area contributed by atoms with Crippen LogP contribution in [-0.2, 0) is 22.1 Å². The fourth-order valence-electron chi connectivity index (χ4n) is 2.78. The van der Waals surface area contributed by atoms with Gasteiger partial charge in [0, 0.05) is 6.08 Å². The van der Waals surface area contributed by atoms with E-state index in [1.165, 1.54) is 12.2 Å². The van der Waals surface area contributed by atoms with E-state index in [4.69, 9.17) is 28.6 Å². The Morgan fingerprint density at radius 2 is 1.31 bits per heavy atom. The number of rotatable bonds is 13. The second-order valence-electron chi connectivity index (χ2n) is 6.86. The van der Waals surface area contributed by atoms with Crippen LogP contribution in [0.4, 0.5) is 0 Å². The average molecular weight is 572 g/mol. The first-order chi connectivity index (χ1) is 17.0. The van der Waals surface area contributed by atoms with E-state index < -0.39 is 0 Å². The van der Waals surface area contributed by atoms with Crippen molar-refractivity contribution in [3.63, 3.8) is 0 Å². The van der Waals surface area contributed by atoms with Crippen molar-refractivity contribution >= 4 is 27.6 Å². The zero-order valence-corrected chi connectivity index (χ0v) is 24.9. The van der Waals surface area contributed by atoms with Gasteiger partial charge < -0.3 is 42.9 Å². The predicted octanol–water partition coefficient (Wildman–Crippen LogP) is 2.82. The van der Waals surface area contributed by atoms with Gasteiger partial charge in [0.05, 0.1) is 14.2 Å². The van der Waals surface area contributed by atoms with Crippen LogP contribution in [0.5, 0.6) is 23.0 Å². The zero-order chi connectivity index (χ0) is 26.1. The molecule has 0 radical (unpaired) electrons. The standard InChI is InChI=1S/C25H30N2O6.CH3.ClH.Zn/c1-30-24-15-18(5-9-22(24)32-13-11-26)3-7-20(28)17-21(29)8-4-19-6-10-23(33-14-12-27)25(16-19)31-2;;;/h3-10,15-17,28H,11-14,26-27H2,1-2H3;1H3;1H;/q;-1;;+2/p+1/b7-3+,8-4+,20-17-;;;. The molecule has 2 aromatic carbocycles. The van der Waals surface area contributed by atoms with Crippen molar-refractivity contribution in [2.45, 2.75) is 0 Å². The molecule has 0 fully saturated rings. The fourth-order valence-corrected chi connectivity index (χ4v) is 2.78. The van der Waals surface area contributed by atoms with Crippen LogP contribution in [-0.4, -0.2) is 51.4 Å². The van der Waals surface area contributed by atoms with Crippen molar-refractivity contribution in [1.29, 1.82) is 0 Å². The second kappa shape index (κ2) is 19.4. The van der Waals surface area contributed by atoms with E-state index in [0.29, 0.717) is 49.3 Å². The monoisotopic (exact) mass is 570 g/mol. The summed E-state index contributed by atoms with van der Waals surface area (Å²) >= 11 is 0.847. The van der Waals surface area contributed by atoms with Crippen LogP contribution in [0.2, 0.25) is 0 Å². The van der Waals surface area contributed by atoms with E-state index >= 15 is 0 Å². The number of aliphatic hydroxyl groups is 1. The van der Waals surface area contributed by atoms with Gasteiger partial charge in [0.1, 0.15) is 32.1 Å². The van der Waals surface area contributed by atoms with Gasteiger partial charge in [-0.2, -0.15) is 0 Å². The van der Waals surface area contributed by atoms with E-state index in [9.17, 15) is 9.90 Å². The van der Waals surface area contributed by atoms with Gasteiger partial charge in [0.25, 0.3) is 0 Å². The number of hydrogen-bond donors (Lipinski definition) is 3. The molecule has 10 heteroatoms. The molecule has 0 aliphatic carbocycles. The molecule has 0 unspecified atom stereocenters. The summed E-state index contributed by atoms with van der Waals surface area (Å²) in [6.07, 6.45) is 7.26. The first kappa shape index (κ1) is 33.2. The van der Waals surface area contributed by atoms with Crippen molar-refractivity contribution in [3.05, 3.63) is 78.9 Å². The Kier molecular flexibility index (Phi) is 17.8. The van der Waals surface area contributed by atoms with Gasteiger partial charge in [0.15, 0.2) is 28.8 Å². The minimum absolute atomic E-state index is 0. The van der Waals surface area contributed by atoms with Crippen LogP contribution in [0, 0.1) is 7.43 Å². The van der Waals surface area contributed by atoms with Crippen molar-refractivity contribution < 1.29 is 57.6 Å². The van der Waals surface area contributed by atoms with Crippen molar-refractivity contribution in [2.75, 3.05) is 40.5 Å². The summed E-state index contributed by atoms with van der Waals surface area (Å²) < 4.78 is 21.8. The maximum atomic E-state index is 12.2. The normalized spacial score (nSPS) is 10.9. The van der Waals surface area contributed by atoms with Gasteiger partial charge in [-0.1, -0.05) is 24.3 Å². The van der Waals surface area contributed by atoms with E-state index in [1.54, 1.807) is 50.6 Å². The minimum atomic E-state index is -0.358. The summed E-state index contributed by atoms with van der Waals surface area (Å²) in [6.45, 7) is 2.28. The SMILES string of the molecule is COc1cc(/C=C/C(=O)/C=C(O)/C=C/c2ccc(OCC[NH3+])c(OC)c2)ccc1OCC[NH3+].[CH3-].[Cl][Zn+]. The molecule has 2 rings (SSSR count). The summed E-state index contributed by atoms with van der Waals surface area (Å²) in [5.41, 5.74) is 9.03. The van der Waals surface area contributed by atoms with Gasteiger partial charge in [0.2, 0.25) is 0 Å². The van der Waals surface area contributed by atoms with Gasteiger partial charge in [-0.25, -0.2) is 0 Å². The molecule has 0 spiro atoms.